The third-order valence-electron chi connectivity index (χ3n) is 2.74. The molecule has 88 valence electrons. The van der Waals surface area contributed by atoms with Crippen LogP contribution in [0.3, 0.4) is 0 Å². The number of aryl methyl sites for hydroxylation is 1. The summed E-state index contributed by atoms with van der Waals surface area (Å²) >= 11 is 5.87. The number of rotatable bonds is 4. The molecule has 1 aromatic rings. The van der Waals surface area contributed by atoms with Crippen molar-refractivity contribution in [2.75, 3.05) is 11.4 Å². The van der Waals surface area contributed by atoms with Crippen LogP contribution < -0.4 is 4.90 Å². The van der Waals surface area contributed by atoms with Crippen LogP contribution in [0.4, 0.5) is 5.82 Å². The molecule has 0 radical (unpaired) electrons. The molecule has 1 aliphatic rings. The highest BCUT2D eigenvalue weighted by Crippen LogP contribution is 2.33. The molecule has 0 atom stereocenters. The summed E-state index contributed by atoms with van der Waals surface area (Å²) < 4.78 is 0. The molecule has 16 heavy (non-hydrogen) atoms. The van der Waals surface area contributed by atoms with E-state index in [0.717, 1.165) is 17.9 Å². The summed E-state index contributed by atoms with van der Waals surface area (Å²) in [5, 5.41) is 0.343. The lowest BCUT2D eigenvalue weighted by molar-refractivity contribution is 0.601. The molecule has 0 unspecified atom stereocenters. The maximum Gasteiger partial charge on any atom is 0.224 e. The van der Waals surface area contributed by atoms with Crippen molar-refractivity contribution in [3.63, 3.8) is 0 Å². The van der Waals surface area contributed by atoms with Gasteiger partial charge in [0.05, 0.1) is 0 Å². The molecule has 1 aromatic heterocycles. The molecular weight excluding hydrogens is 222 g/mol. The first-order chi connectivity index (χ1) is 7.58. The van der Waals surface area contributed by atoms with Crippen molar-refractivity contribution in [1.82, 2.24) is 9.97 Å². The zero-order valence-corrected chi connectivity index (χ0v) is 10.8. The van der Waals surface area contributed by atoms with Crippen LogP contribution in [-0.2, 0) is 0 Å². The van der Waals surface area contributed by atoms with Crippen molar-refractivity contribution in [3.05, 3.63) is 17.0 Å². The van der Waals surface area contributed by atoms with Crippen molar-refractivity contribution in [3.8, 4) is 0 Å². The summed E-state index contributed by atoms with van der Waals surface area (Å²) in [6.45, 7) is 7.54. The average Bonchev–Trinajstić information content (AvgIpc) is 3.02. The Bertz CT molecular complexity index is 375. The van der Waals surface area contributed by atoms with Gasteiger partial charge in [0.2, 0.25) is 5.28 Å². The predicted octanol–water partition coefficient (Wildman–Crippen LogP) is 3.06. The van der Waals surface area contributed by atoms with Gasteiger partial charge in [-0.3, -0.25) is 0 Å². The summed E-state index contributed by atoms with van der Waals surface area (Å²) in [6, 6.07) is 0.659. The van der Waals surface area contributed by atoms with E-state index in [-0.39, 0.29) is 0 Å². The van der Waals surface area contributed by atoms with E-state index in [1.807, 2.05) is 6.92 Å². The molecule has 0 aromatic carbocycles. The van der Waals surface area contributed by atoms with Gasteiger partial charge in [-0.1, -0.05) is 13.8 Å². The Balaban J connectivity index is 2.26. The number of aromatic nitrogens is 2. The van der Waals surface area contributed by atoms with Gasteiger partial charge in [-0.15, -0.1) is 0 Å². The zero-order valence-electron chi connectivity index (χ0n) is 10.1. The van der Waals surface area contributed by atoms with Crippen LogP contribution in [0.25, 0.3) is 0 Å². The predicted molar refractivity (Wildman–Crippen MR) is 67.0 cm³/mol. The highest BCUT2D eigenvalue weighted by molar-refractivity contribution is 6.28. The minimum absolute atomic E-state index is 0.343. The van der Waals surface area contributed by atoms with E-state index < -0.39 is 0 Å². The van der Waals surface area contributed by atoms with Gasteiger partial charge in [-0.25, -0.2) is 9.97 Å². The summed E-state index contributed by atoms with van der Waals surface area (Å²) in [6.07, 6.45) is 4.35. The second kappa shape index (κ2) is 4.58. The molecule has 0 N–H and O–H groups in total. The molecule has 2 rings (SSSR count). The standard InChI is InChI=1S/C12H18ClN3/c1-8(2)7-16(10-4-5-10)11-9(3)6-14-12(13)15-11/h6,8,10H,4-5,7H2,1-3H3. The Kier molecular flexibility index (Phi) is 3.33. The summed E-state index contributed by atoms with van der Waals surface area (Å²) in [4.78, 5) is 10.8. The van der Waals surface area contributed by atoms with Gasteiger partial charge in [0.15, 0.2) is 0 Å². The monoisotopic (exact) mass is 239 g/mol. The topological polar surface area (TPSA) is 29.0 Å². The van der Waals surface area contributed by atoms with Crippen molar-refractivity contribution in [2.24, 2.45) is 5.92 Å². The number of halogens is 1. The van der Waals surface area contributed by atoms with E-state index in [0.29, 0.717) is 17.2 Å². The maximum atomic E-state index is 5.87. The Morgan fingerprint density at radius 3 is 2.75 bits per heavy atom. The van der Waals surface area contributed by atoms with Gasteiger partial charge in [-0.2, -0.15) is 0 Å². The highest BCUT2D eigenvalue weighted by atomic mass is 35.5. The molecule has 1 heterocycles. The highest BCUT2D eigenvalue weighted by Gasteiger charge is 2.31. The molecule has 3 nitrogen and oxygen atoms in total. The minimum Gasteiger partial charge on any atom is -0.353 e. The van der Waals surface area contributed by atoms with Crippen LogP contribution in [0.2, 0.25) is 5.28 Å². The van der Waals surface area contributed by atoms with Crippen LogP contribution in [0.1, 0.15) is 32.3 Å². The van der Waals surface area contributed by atoms with E-state index in [1.54, 1.807) is 6.20 Å². The van der Waals surface area contributed by atoms with Crippen molar-refractivity contribution >= 4 is 17.4 Å². The molecule has 0 bridgehead atoms. The van der Waals surface area contributed by atoms with Crippen LogP contribution in [0, 0.1) is 12.8 Å². The first-order valence-electron chi connectivity index (χ1n) is 5.83. The lowest BCUT2D eigenvalue weighted by atomic mass is 10.2. The smallest absolute Gasteiger partial charge is 0.224 e. The normalized spacial score (nSPS) is 15.6. The largest absolute Gasteiger partial charge is 0.353 e. The van der Waals surface area contributed by atoms with Gasteiger partial charge in [0.25, 0.3) is 0 Å². The van der Waals surface area contributed by atoms with Crippen LogP contribution in [0.5, 0.6) is 0 Å². The number of anilines is 1. The zero-order chi connectivity index (χ0) is 11.7. The van der Waals surface area contributed by atoms with Gasteiger partial charge < -0.3 is 4.90 Å². The van der Waals surface area contributed by atoms with Crippen LogP contribution >= 0.6 is 11.6 Å². The third kappa shape index (κ3) is 2.64. The van der Waals surface area contributed by atoms with E-state index in [2.05, 4.69) is 28.7 Å². The maximum absolute atomic E-state index is 5.87. The summed E-state index contributed by atoms with van der Waals surface area (Å²) in [7, 11) is 0. The Morgan fingerprint density at radius 2 is 2.19 bits per heavy atom. The SMILES string of the molecule is Cc1cnc(Cl)nc1N(CC(C)C)C1CC1. The second-order valence-corrected chi connectivity index (χ2v) is 5.26. The van der Waals surface area contributed by atoms with Gasteiger partial charge >= 0.3 is 0 Å². The molecule has 0 amide bonds. The third-order valence-corrected chi connectivity index (χ3v) is 2.92. The van der Waals surface area contributed by atoms with Crippen LogP contribution in [-0.4, -0.2) is 22.6 Å². The van der Waals surface area contributed by atoms with Crippen LogP contribution in [0.15, 0.2) is 6.20 Å². The molecule has 0 aliphatic heterocycles. The van der Waals surface area contributed by atoms with E-state index in [9.17, 15) is 0 Å². The van der Waals surface area contributed by atoms with Gasteiger partial charge in [-0.05, 0) is 37.3 Å². The van der Waals surface area contributed by atoms with Gasteiger partial charge in [0, 0.05) is 24.3 Å². The van der Waals surface area contributed by atoms with Crippen molar-refractivity contribution in [1.29, 1.82) is 0 Å². The molecule has 1 aliphatic carbocycles. The summed E-state index contributed by atoms with van der Waals surface area (Å²) in [5.41, 5.74) is 1.11. The molecule has 1 saturated carbocycles. The molecular formula is C12H18ClN3. The molecule has 0 saturated heterocycles. The Morgan fingerprint density at radius 1 is 1.50 bits per heavy atom. The fourth-order valence-electron chi connectivity index (χ4n) is 1.89. The fourth-order valence-corrected chi connectivity index (χ4v) is 2.02. The van der Waals surface area contributed by atoms with Crippen molar-refractivity contribution in [2.45, 2.75) is 39.7 Å². The van der Waals surface area contributed by atoms with Gasteiger partial charge in [0.1, 0.15) is 5.82 Å². The molecule has 1 fully saturated rings. The number of hydrogen-bond acceptors (Lipinski definition) is 3. The quantitative estimate of drug-likeness (QED) is 0.757. The lowest BCUT2D eigenvalue weighted by Gasteiger charge is -2.26. The Hall–Kier alpha value is -0.830. The van der Waals surface area contributed by atoms with E-state index in [1.165, 1.54) is 12.8 Å². The van der Waals surface area contributed by atoms with E-state index in [4.69, 9.17) is 11.6 Å². The number of nitrogens with zero attached hydrogens (tertiary/aromatic N) is 3. The Labute approximate surface area is 102 Å². The molecule has 0 spiro atoms. The fraction of sp³-hybridized carbons (Fsp3) is 0.667. The lowest BCUT2D eigenvalue weighted by Crippen LogP contribution is -2.31. The summed E-state index contributed by atoms with van der Waals surface area (Å²) in [5.74, 6) is 1.64. The number of hydrogen-bond donors (Lipinski definition) is 0. The second-order valence-electron chi connectivity index (χ2n) is 4.92. The first-order valence-corrected chi connectivity index (χ1v) is 6.21. The van der Waals surface area contributed by atoms with E-state index >= 15 is 0 Å². The first kappa shape index (κ1) is 11.6. The average molecular weight is 240 g/mol. The minimum atomic E-state index is 0.343. The molecule has 4 heteroatoms. The van der Waals surface area contributed by atoms with Crippen molar-refractivity contribution < 1.29 is 0 Å².